The number of hydrogen-bond acceptors (Lipinski definition) is 3. The topological polar surface area (TPSA) is 35.8 Å². The first-order valence-electron chi connectivity index (χ1n) is 7.72. The molecular formula is C18H16Cl2N2O. The second kappa shape index (κ2) is 5.52. The third-order valence-electron chi connectivity index (χ3n) is 4.53. The van der Waals surface area contributed by atoms with Gasteiger partial charge in [0.05, 0.1) is 0 Å². The van der Waals surface area contributed by atoms with Crippen LogP contribution in [0.2, 0.25) is 10.0 Å². The zero-order valence-electron chi connectivity index (χ0n) is 12.5. The minimum absolute atomic E-state index is 0.523. The Bertz CT molecular complexity index is 805. The van der Waals surface area contributed by atoms with Crippen molar-refractivity contribution in [3.8, 4) is 0 Å². The van der Waals surface area contributed by atoms with Gasteiger partial charge >= 0.3 is 0 Å². The zero-order valence-corrected chi connectivity index (χ0v) is 14.0. The van der Waals surface area contributed by atoms with Gasteiger partial charge < -0.3 is 10.0 Å². The maximum Gasteiger partial charge on any atom is 0.176 e. The Morgan fingerprint density at radius 1 is 1.04 bits per heavy atom. The SMILES string of the molecule is OC1(c2ccccc2Cl)C2=NCCCCN2c2ccc(Cl)cc21. The molecule has 0 saturated carbocycles. The van der Waals surface area contributed by atoms with E-state index in [0.717, 1.165) is 30.6 Å². The molecule has 0 fully saturated rings. The van der Waals surface area contributed by atoms with Gasteiger partial charge in [-0.15, -0.1) is 0 Å². The molecule has 1 atom stereocenters. The van der Waals surface area contributed by atoms with Gasteiger partial charge in [-0.3, -0.25) is 4.99 Å². The van der Waals surface area contributed by atoms with Gasteiger partial charge in [-0.25, -0.2) is 0 Å². The van der Waals surface area contributed by atoms with Crippen molar-refractivity contribution in [1.29, 1.82) is 0 Å². The Hall–Kier alpha value is -1.55. The predicted octanol–water partition coefficient (Wildman–Crippen LogP) is 4.24. The second-order valence-corrected chi connectivity index (χ2v) is 6.76. The monoisotopic (exact) mass is 346 g/mol. The van der Waals surface area contributed by atoms with Gasteiger partial charge in [0.25, 0.3) is 0 Å². The van der Waals surface area contributed by atoms with Gasteiger partial charge in [-0.1, -0.05) is 41.4 Å². The third-order valence-corrected chi connectivity index (χ3v) is 5.10. The molecule has 0 aliphatic carbocycles. The van der Waals surface area contributed by atoms with E-state index in [0.29, 0.717) is 28.0 Å². The molecule has 1 unspecified atom stereocenters. The van der Waals surface area contributed by atoms with Crippen LogP contribution in [0, 0.1) is 0 Å². The lowest BCUT2D eigenvalue weighted by molar-refractivity contribution is 0.159. The Morgan fingerprint density at radius 3 is 2.70 bits per heavy atom. The standard InChI is InChI=1S/C18H16Cl2N2O/c19-12-7-8-16-14(11-12)18(23,13-5-1-2-6-15(13)20)17-21-9-3-4-10-22(16)17/h1-2,5-8,11,23H,3-4,9-10H2. The van der Waals surface area contributed by atoms with Gasteiger partial charge in [-0.05, 0) is 37.1 Å². The predicted molar refractivity (Wildman–Crippen MR) is 94.8 cm³/mol. The van der Waals surface area contributed by atoms with E-state index in [1.54, 1.807) is 6.07 Å². The highest BCUT2D eigenvalue weighted by atomic mass is 35.5. The minimum atomic E-state index is -1.36. The fraction of sp³-hybridized carbons (Fsp3) is 0.278. The largest absolute Gasteiger partial charge is 0.373 e. The van der Waals surface area contributed by atoms with Crippen LogP contribution in [-0.2, 0) is 5.60 Å². The molecule has 0 radical (unpaired) electrons. The summed E-state index contributed by atoms with van der Waals surface area (Å²) in [6.45, 7) is 1.54. The van der Waals surface area contributed by atoms with Crippen molar-refractivity contribution in [2.24, 2.45) is 4.99 Å². The van der Waals surface area contributed by atoms with Crippen molar-refractivity contribution in [3.63, 3.8) is 0 Å². The van der Waals surface area contributed by atoms with Crippen molar-refractivity contribution in [2.75, 3.05) is 18.0 Å². The molecule has 2 heterocycles. The van der Waals surface area contributed by atoms with Crippen LogP contribution in [0.3, 0.4) is 0 Å². The molecule has 2 aromatic carbocycles. The van der Waals surface area contributed by atoms with Crippen LogP contribution in [-0.4, -0.2) is 24.0 Å². The smallest absolute Gasteiger partial charge is 0.176 e. The number of aliphatic imine (C=N–C) groups is 1. The van der Waals surface area contributed by atoms with Crippen molar-refractivity contribution in [3.05, 3.63) is 63.6 Å². The average Bonchev–Trinajstić information content (AvgIpc) is 2.72. The maximum absolute atomic E-state index is 11.7. The van der Waals surface area contributed by atoms with Crippen molar-refractivity contribution >= 4 is 34.7 Å². The van der Waals surface area contributed by atoms with Gasteiger partial charge in [0, 0.05) is 39.9 Å². The molecule has 2 aliphatic heterocycles. The molecule has 0 aromatic heterocycles. The summed E-state index contributed by atoms with van der Waals surface area (Å²) in [5.74, 6) is 0.653. The number of rotatable bonds is 1. The summed E-state index contributed by atoms with van der Waals surface area (Å²) in [6, 6.07) is 13.0. The normalized spacial score (nSPS) is 23.1. The van der Waals surface area contributed by atoms with Crippen LogP contribution in [0.5, 0.6) is 0 Å². The molecule has 118 valence electrons. The second-order valence-electron chi connectivity index (χ2n) is 5.92. The molecule has 0 spiro atoms. The Morgan fingerprint density at radius 2 is 1.87 bits per heavy atom. The van der Waals surface area contributed by atoms with Gasteiger partial charge in [-0.2, -0.15) is 0 Å². The van der Waals surface area contributed by atoms with Crippen LogP contribution in [0.1, 0.15) is 24.0 Å². The highest BCUT2D eigenvalue weighted by Crippen LogP contribution is 2.48. The van der Waals surface area contributed by atoms with Gasteiger partial charge in [0.2, 0.25) is 0 Å². The number of benzene rings is 2. The molecule has 0 bridgehead atoms. The van der Waals surface area contributed by atoms with E-state index in [4.69, 9.17) is 28.2 Å². The molecular weight excluding hydrogens is 331 g/mol. The lowest BCUT2D eigenvalue weighted by Gasteiger charge is -2.27. The van der Waals surface area contributed by atoms with E-state index in [-0.39, 0.29) is 0 Å². The van der Waals surface area contributed by atoms with Crippen LogP contribution in [0.15, 0.2) is 47.5 Å². The first kappa shape index (κ1) is 15.0. The molecule has 3 nitrogen and oxygen atoms in total. The summed E-state index contributed by atoms with van der Waals surface area (Å²) >= 11 is 12.6. The molecule has 0 amide bonds. The van der Waals surface area contributed by atoms with Crippen LogP contribution >= 0.6 is 23.2 Å². The average molecular weight is 347 g/mol. The van der Waals surface area contributed by atoms with E-state index in [9.17, 15) is 5.11 Å². The van der Waals surface area contributed by atoms with Crippen LogP contribution in [0.4, 0.5) is 5.69 Å². The fourth-order valence-corrected chi connectivity index (χ4v) is 3.92. The number of fused-ring (bicyclic) bond motifs is 3. The number of aliphatic hydroxyl groups is 1. The summed E-state index contributed by atoms with van der Waals surface area (Å²) < 4.78 is 0. The van der Waals surface area contributed by atoms with E-state index in [2.05, 4.69) is 4.90 Å². The van der Waals surface area contributed by atoms with E-state index in [1.807, 2.05) is 36.4 Å². The third kappa shape index (κ3) is 2.18. The van der Waals surface area contributed by atoms with Gasteiger partial charge in [0.1, 0.15) is 5.84 Å². The first-order valence-corrected chi connectivity index (χ1v) is 8.48. The number of halogens is 2. The minimum Gasteiger partial charge on any atom is -0.373 e. The lowest BCUT2D eigenvalue weighted by atomic mass is 9.87. The Balaban J connectivity index is 2.02. The van der Waals surface area contributed by atoms with Crippen molar-refractivity contribution in [1.82, 2.24) is 0 Å². The summed E-state index contributed by atoms with van der Waals surface area (Å²) in [5, 5.41) is 12.8. The molecule has 5 heteroatoms. The molecule has 4 rings (SSSR count). The summed E-state index contributed by atoms with van der Waals surface area (Å²) in [5.41, 5.74) is 0.993. The van der Waals surface area contributed by atoms with Crippen LogP contribution in [0.25, 0.3) is 0 Å². The van der Waals surface area contributed by atoms with Crippen LogP contribution < -0.4 is 4.90 Å². The number of hydrogen-bond donors (Lipinski definition) is 1. The van der Waals surface area contributed by atoms with Gasteiger partial charge in [0.15, 0.2) is 5.60 Å². The molecule has 2 aliphatic rings. The van der Waals surface area contributed by atoms with E-state index >= 15 is 0 Å². The fourth-order valence-electron chi connectivity index (χ4n) is 3.48. The Labute approximate surface area is 145 Å². The van der Waals surface area contributed by atoms with E-state index in [1.165, 1.54) is 0 Å². The Kier molecular flexibility index (Phi) is 3.60. The molecule has 1 N–H and O–H groups in total. The maximum atomic E-state index is 11.7. The summed E-state index contributed by atoms with van der Waals surface area (Å²) in [7, 11) is 0. The molecule has 23 heavy (non-hydrogen) atoms. The highest BCUT2D eigenvalue weighted by Gasteiger charge is 2.50. The quantitative estimate of drug-likeness (QED) is 0.838. The van der Waals surface area contributed by atoms with Crippen molar-refractivity contribution in [2.45, 2.75) is 18.4 Å². The highest BCUT2D eigenvalue weighted by molar-refractivity contribution is 6.32. The zero-order chi connectivity index (χ0) is 16.0. The van der Waals surface area contributed by atoms with Crippen molar-refractivity contribution < 1.29 is 5.11 Å². The number of nitrogens with zero attached hydrogens (tertiary/aromatic N) is 2. The number of amidine groups is 1. The molecule has 2 aromatic rings. The number of anilines is 1. The summed E-state index contributed by atoms with van der Waals surface area (Å²) in [4.78, 5) is 6.79. The molecule has 0 saturated heterocycles. The summed E-state index contributed by atoms with van der Waals surface area (Å²) in [6.07, 6.45) is 2.05. The van der Waals surface area contributed by atoms with E-state index < -0.39 is 5.60 Å². The lowest BCUT2D eigenvalue weighted by Crippen LogP contribution is -2.41. The first-order chi connectivity index (χ1) is 11.1.